The average molecular weight is 435 g/mol. The molecule has 6 nitrogen and oxygen atoms in total. The van der Waals surface area contributed by atoms with Crippen molar-refractivity contribution in [2.45, 2.75) is 25.7 Å². The number of amides is 1. The number of nitrogens with zero attached hydrogens (tertiary/aromatic N) is 1. The Morgan fingerprint density at radius 2 is 2.15 bits per heavy atom. The highest BCUT2D eigenvalue weighted by atomic mass is 79.9. The SMILES string of the molecule is COC(=O)c1c(NC(=O)C(C#N)=Cc2ccc(Br)o2)sc2c1CCCC2. The van der Waals surface area contributed by atoms with Crippen molar-refractivity contribution in [2.75, 3.05) is 12.4 Å². The number of halogens is 1. The van der Waals surface area contributed by atoms with Crippen LogP contribution in [-0.4, -0.2) is 19.0 Å². The molecule has 3 rings (SSSR count). The Morgan fingerprint density at radius 1 is 1.38 bits per heavy atom. The number of carbonyl (C=O) groups is 2. The van der Waals surface area contributed by atoms with Crippen molar-refractivity contribution in [3.63, 3.8) is 0 Å². The smallest absolute Gasteiger partial charge is 0.341 e. The maximum atomic E-state index is 12.5. The molecule has 8 heteroatoms. The Bertz CT molecular complexity index is 936. The van der Waals surface area contributed by atoms with Gasteiger partial charge < -0.3 is 14.5 Å². The van der Waals surface area contributed by atoms with Crippen LogP contribution >= 0.6 is 27.3 Å². The van der Waals surface area contributed by atoms with E-state index in [1.54, 1.807) is 12.1 Å². The van der Waals surface area contributed by atoms with Crippen molar-refractivity contribution >= 4 is 50.2 Å². The number of ether oxygens (including phenoxy) is 1. The van der Waals surface area contributed by atoms with Gasteiger partial charge in [0.25, 0.3) is 5.91 Å². The summed E-state index contributed by atoms with van der Waals surface area (Å²) in [6.07, 6.45) is 5.07. The second-order valence-corrected chi connectivity index (χ2v) is 7.56. The second kappa shape index (κ2) is 7.89. The zero-order valence-electron chi connectivity index (χ0n) is 13.9. The van der Waals surface area contributed by atoms with Gasteiger partial charge in [0.2, 0.25) is 0 Å². The van der Waals surface area contributed by atoms with Crippen LogP contribution in [0.15, 0.2) is 26.8 Å². The molecule has 0 radical (unpaired) electrons. The van der Waals surface area contributed by atoms with Crippen molar-refractivity contribution in [3.05, 3.63) is 44.1 Å². The summed E-state index contributed by atoms with van der Waals surface area (Å²) in [5.41, 5.74) is 1.23. The van der Waals surface area contributed by atoms with E-state index in [0.717, 1.165) is 36.1 Å². The van der Waals surface area contributed by atoms with Gasteiger partial charge in [-0.2, -0.15) is 5.26 Å². The Labute approximate surface area is 162 Å². The number of esters is 1. The summed E-state index contributed by atoms with van der Waals surface area (Å²) in [6, 6.07) is 5.17. The maximum Gasteiger partial charge on any atom is 0.341 e. The van der Waals surface area contributed by atoms with E-state index in [-0.39, 0.29) is 5.57 Å². The van der Waals surface area contributed by atoms with Crippen LogP contribution in [0.2, 0.25) is 0 Å². The van der Waals surface area contributed by atoms with E-state index in [4.69, 9.17) is 9.15 Å². The molecule has 2 heterocycles. The number of aryl methyl sites for hydroxylation is 1. The van der Waals surface area contributed by atoms with Gasteiger partial charge in [0.05, 0.1) is 12.7 Å². The molecule has 1 aliphatic rings. The molecule has 0 bridgehead atoms. The first-order valence-corrected chi connectivity index (χ1v) is 9.55. The van der Waals surface area contributed by atoms with Crippen LogP contribution in [0.3, 0.4) is 0 Å². The van der Waals surface area contributed by atoms with Gasteiger partial charge in [-0.1, -0.05) is 0 Å². The lowest BCUT2D eigenvalue weighted by atomic mass is 9.95. The molecular weight excluding hydrogens is 420 g/mol. The monoisotopic (exact) mass is 434 g/mol. The van der Waals surface area contributed by atoms with Gasteiger partial charge in [-0.15, -0.1) is 11.3 Å². The zero-order valence-corrected chi connectivity index (χ0v) is 16.3. The summed E-state index contributed by atoms with van der Waals surface area (Å²) in [5, 5.41) is 12.4. The lowest BCUT2D eigenvalue weighted by Gasteiger charge is -2.11. The molecule has 0 fully saturated rings. The maximum absolute atomic E-state index is 12.5. The fourth-order valence-corrected chi connectivity index (χ4v) is 4.43. The summed E-state index contributed by atoms with van der Waals surface area (Å²) in [5.74, 6) is -0.692. The van der Waals surface area contributed by atoms with Crippen molar-refractivity contribution in [3.8, 4) is 6.07 Å². The van der Waals surface area contributed by atoms with Crippen LogP contribution < -0.4 is 5.32 Å². The van der Waals surface area contributed by atoms with E-state index in [1.165, 1.54) is 24.5 Å². The number of hydrogen-bond donors (Lipinski definition) is 1. The van der Waals surface area contributed by atoms with Crippen LogP contribution in [0, 0.1) is 11.3 Å². The molecule has 0 saturated carbocycles. The summed E-state index contributed by atoms with van der Waals surface area (Å²) < 4.78 is 10.7. The lowest BCUT2D eigenvalue weighted by molar-refractivity contribution is -0.112. The fourth-order valence-electron chi connectivity index (χ4n) is 2.84. The van der Waals surface area contributed by atoms with Crippen molar-refractivity contribution in [1.82, 2.24) is 0 Å². The molecule has 1 N–H and O–H groups in total. The molecule has 0 aromatic carbocycles. The Kier molecular flexibility index (Phi) is 5.59. The quantitative estimate of drug-likeness (QED) is 0.439. The topological polar surface area (TPSA) is 92.3 Å². The van der Waals surface area contributed by atoms with Gasteiger partial charge in [0.15, 0.2) is 4.67 Å². The minimum Gasteiger partial charge on any atom is -0.465 e. The third-order valence-corrected chi connectivity index (χ3v) is 5.67. The predicted octanol–water partition coefficient (Wildman–Crippen LogP) is 4.31. The van der Waals surface area contributed by atoms with Crippen molar-refractivity contribution < 1.29 is 18.7 Å². The highest BCUT2D eigenvalue weighted by Gasteiger charge is 2.27. The molecule has 0 aliphatic heterocycles. The van der Waals surface area contributed by atoms with Gasteiger partial charge in [0, 0.05) is 11.0 Å². The number of thiophene rings is 1. The van der Waals surface area contributed by atoms with E-state index in [1.807, 2.05) is 6.07 Å². The molecule has 0 atom stereocenters. The van der Waals surface area contributed by atoms with Crippen LogP contribution in [0.25, 0.3) is 6.08 Å². The zero-order chi connectivity index (χ0) is 18.7. The average Bonchev–Trinajstić information content (AvgIpc) is 3.21. The van der Waals surface area contributed by atoms with Gasteiger partial charge >= 0.3 is 5.97 Å². The first-order chi connectivity index (χ1) is 12.5. The van der Waals surface area contributed by atoms with E-state index >= 15 is 0 Å². The number of nitriles is 1. The second-order valence-electron chi connectivity index (χ2n) is 5.67. The van der Waals surface area contributed by atoms with Gasteiger partial charge in [-0.05, 0) is 59.3 Å². The molecule has 1 amide bonds. The molecule has 134 valence electrons. The van der Waals surface area contributed by atoms with Gasteiger partial charge in [-0.25, -0.2) is 4.79 Å². The van der Waals surface area contributed by atoms with Crippen LogP contribution in [0.5, 0.6) is 0 Å². The Balaban J connectivity index is 1.91. The van der Waals surface area contributed by atoms with E-state index < -0.39 is 11.9 Å². The van der Waals surface area contributed by atoms with Crippen LogP contribution in [0.1, 0.15) is 39.4 Å². The minimum atomic E-state index is -0.594. The highest BCUT2D eigenvalue weighted by molar-refractivity contribution is 9.10. The summed E-state index contributed by atoms with van der Waals surface area (Å²) in [4.78, 5) is 25.8. The number of anilines is 1. The molecule has 2 aromatic rings. The van der Waals surface area contributed by atoms with E-state index in [9.17, 15) is 14.9 Å². The minimum absolute atomic E-state index is 0.117. The number of nitrogens with one attached hydrogen (secondary N) is 1. The number of rotatable bonds is 4. The fraction of sp³-hybridized carbons (Fsp3) is 0.278. The highest BCUT2D eigenvalue weighted by Crippen LogP contribution is 2.38. The molecular formula is C18H15BrN2O4S. The van der Waals surface area contributed by atoms with Crippen molar-refractivity contribution in [1.29, 1.82) is 5.26 Å². The van der Waals surface area contributed by atoms with Crippen molar-refractivity contribution in [2.24, 2.45) is 0 Å². The van der Waals surface area contributed by atoms with Crippen LogP contribution in [0.4, 0.5) is 5.00 Å². The van der Waals surface area contributed by atoms with Gasteiger partial charge in [-0.3, -0.25) is 4.79 Å². The molecule has 0 spiro atoms. The summed E-state index contributed by atoms with van der Waals surface area (Å²) >= 11 is 4.54. The normalized spacial score (nSPS) is 13.7. The third-order valence-electron chi connectivity index (χ3n) is 4.03. The molecule has 2 aromatic heterocycles. The first kappa shape index (κ1) is 18.4. The number of carbonyl (C=O) groups excluding carboxylic acids is 2. The summed E-state index contributed by atoms with van der Waals surface area (Å²) in [6.45, 7) is 0. The lowest BCUT2D eigenvalue weighted by Crippen LogP contribution is -2.16. The van der Waals surface area contributed by atoms with Crippen LogP contribution in [-0.2, 0) is 22.4 Å². The molecule has 0 unspecified atom stereocenters. The first-order valence-electron chi connectivity index (χ1n) is 7.94. The van der Waals surface area contributed by atoms with Gasteiger partial charge in [0.1, 0.15) is 22.4 Å². The molecule has 0 saturated heterocycles. The standard InChI is InChI=1S/C18H15BrN2O4S/c1-24-18(23)15-12-4-2-3-5-13(12)26-17(15)21-16(22)10(9-20)8-11-6-7-14(19)25-11/h6-8H,2-5H2,1H3,(H,21,22). The van der Waals surface area contributed by atoms with E-state index in [2.05, 4.69) is 21.2 Å². The number of hydrogen-bond acceptors (Lipinski definition) is 6. The Hall–Kier alpha value is -2.37. The number of furan rings is 1. The largest absolute Gasteiger partial charge is 0.465 e. The third kappa shape index (κ3) is 3.74. The number of methoxy groups -OCH3 is 1. The Morgan fingerprint density at radius 3 is 2.81 bits per heavy atom. The molecule has 26 heavy (non-hydrogen) atoms. The predicted molar refractivity (Wildman–Crippen MR) is 101 cm³/mol. The molecule has 1 aliphatic carbocycles. The summed E-state index contributed by atoms with van der Waals surface area (Å²) in [7, 11) is 1.32. The van der Waals surface area contributed by atoms with E-state index in [0.29, 0.717) is 21.0 Å². The number of fused-ring (bicyclic) bond motifs is 1.